The van der Waals surface area contributed by atoms with Crippen molar-refractivity contribution in [3.8, 4) is 0 Å². The molecule has 6 atom stereocenters. The molecule has 1 saturated heterocycles. The minimum atomic E-state index is -1.09. The van der Waals surface area contributed by atoms with E-state index in [9.17, 15) is 15.3 Å². The standard InChI is InChI=1S/C6H9BrO4/c7-1-2(8)3(9)4(10)6-5(1)11-6/h1-6,8-10H/t1-,2-,3+,4-,5-,6+/m1/s1. The molecule has 0 spiro atoms. The molecule has 0 unspecified atom stereocenters. The van der Waals surface area contributed by atoms with E-state index in [0.29, 0.717) is 0 Å². The van der Waals surface area contributed by atoms with Crippen LogP contribution in [-0.4, -0.2) is 50.7 Å². The Kier molecular flexibility index (Phi) is 1.73. The van der Waals surface area contributed by atoms with Crippen molar-refractivity contribution in [2.45, 2.75) is 35.3 Å². The van der Waals surface area contributed by atoms with Crippen molar-refractivity contribution in [2.75, 3.05) is 0 Å². The summed E-state index contributed by atoms with van der Waals surface area (Å²) < 4.78 is 5.03. The van der Waals surface area contributed by atoms with E-state index in [0.717, 1.165) is 0 Å². The number of ether oxygens (including phenoxy) is 1. The number of aliphatic hydroxyl groups excluding tert-OH is 3. The van der Waals surface area contributed by atoms with Gasteiger partial charge in [-0.15, -0.1) is 0 Å². The van der Waals surface area contributed by atoms with E-state index in [2.05, 4.69) is 15.9 Å². The second-order valence-corrected chi connectivity index (χ2v) is 4.04. The molecule has 2 fully saturated rings. The Morgan fingerprint density at radius 3 is 2.18 bits per heavy atom. The molecule has 0 bridgehead atoms. The minimum Gasteiger partial charge on any atom is -0.389 e. The van der Waals surface area contributed by atoms with E-state index >= 15 is 0 Å². The topological polar surface area (TPSA) is 73.2 Å². The van der Waals surface area contributed by atoms with Gasteiger partial charge in [-0.1, -0.05) is 15.9 Å². The molecule has 2 aliphatic rings. The van der Waals surface area contributed by atoms with Gasteiger partial charge in [0.15, 0.2) is 0 Å². The van der Waals surface area contributed by atoms with E-state index in [1.807, 2.05) is 0 Å². The lowest BCUT2D eigenvalue weighted by Gasteiger charge is -2.28. The highest BCUT2D eigenvalue weighted by Crippen LogP contribution is 2.40. The van der Waals surface area contributed by atoms with Crippen molar-refractivity contribution >= 4 is 15.9 Å². The lowest BCUT2D eigenvalue weighted by molar-refractivity contribution is -0.0726. The third-order valence-electron chi connectivity index (χ3n) is 2.24. The van der Waals surface area contributed by atoms with Crippen LogP contribution >= 0.6 is 15.9 Å². The number of hydrogen-bond acceptors (Lipinski definition) is 4. The highest BCUT2D eigenvalue weighted by molar-refractivity contribution is 9.09. The summed E-state index contributed by atoms with van der Waals surface area (Å²) in [4.78, 5) is -0.258. The van der Waals surface area contributed by atoms with Gasteiger partial charge < -0.3 is 20.1 Å². The predicted molar refractivity (Wildman–Crippen MR) is 39.4 cm³/mol. The van der Waals surface area contributed by atoms with Crippen molar-refractivity contribution in [1.82, 2.24) is 0 Å². The van der Waals surface area contributed by atoms with Crippen LogP contribution in [0.4, 0.5) is 0 Å². The van der Waals surface area contributed by atoms with Gasteiger partial charge in [-0.3, -0.25) is 0 Å². The van der Waals surface area contributed by atoms with Crippen LogP contribution in [0.25, 0.3) is 0 Å². The molecule has 4 nitrogen and oxygen atoms in total. The van der Waals surface area contributed by atoms with E-state index in [1.54, 1.807) is 0 Å². The van der Waals surface area contributed by atoms with Gasteiger partial charge in [-0.2, -0.15) is 0 Å². The first kappa shape index (κ1) is 7.94. The summed E-state index contributed by atoms with van der Waals surface area (Å²) in [5, 5.41) is 27.7. The molecule has 64 valence electrons. The summed E-state index contributed by atoms with van der Waals surface area (Å²) in [7, 11) is 0. The van der Waals surface area contributed by atoms with E-state index in [1.165, 1.54) is 0 Å². The highest BCUT2D eigenvalue weighted by atomic mass is 79.9. The highest BCUT2D eigenvalue weighted by Gasteiger charge is 2.59. The van der Waals surface area contributed by atoms with Crippen molar-refractivity contribution in [3.05, 3.63) is 0 Å². The molecule has 2 rings (SSSR count). The first-order chi connectivity index (χ1) is 5.13. The first-order valence-electron chi connectivity index (χ1n) is 3.46. The van der Waals surface area contributed by atoms with Gasteiger partial charge >= 0.3 is 0 Å². The molecule has 0 aromatic heterocycles. The Morgan fingerprint density at radius 1 is 0.909 bits per heavy atom. The van der Waals surface area contributed by atoms with Crippen molar-refractivity contribution < 1.29 is 20.1 Å². The van der Waals surface area contributed by atoms with E-state index < -0.39 is 18.3 Å². The Bertz CT molecular complexity index is 158. The SMILES string of the molecule is O[C@@H]1[C@@H](O)[C@@H]2O[C@@H]2[C@H](Br)[C@H]1O. The van der Waals surface area contributed by atoms with Gasteiger partial charge in [0.2, 0.25) is 0 Å². The summed E-state index contributed by atoms with van der Waals surface area (Å²) in [6.07, 6.45) is -3.40. The van der Waals surface area contributed by atoms with Crippen molar-refractivity contribution in [1.29, 1.82) is 0 Å². The molecular weight excluding hydrogens is 216 g/mol. The largest absolute Gasteiger partial charge is 0.389 e. The van der Waals surface area contributed by atoms with Crippen molar-refractivity contribution in [2.24, 2.45) is 0 Å². The molecule has 11 heavy (non-hydrogen) atoms. The third-order valence-corrected chi connectivity index (χ3v) is 3.30. The Morgan fingerprint density at radius 2 is 1.55 bits per heavy atom. The molecule has 0 radical (unpaired) electrons. The van der Waals surface area contributed by atoms with Crippen molar-refractivity contribution in [3.63, 3.8) is 0 Å². The fourth-order valence-electron chi connectivity index (χ4n) is 1.45. The van der Waals surface area contributed by atoms with E-state index in [-0.39, 0.29) is 17.0 Å². The van der Waals surface area contributed by atoms with Gasteiger partial charge in [-0.25, -0.2) is 0 Å². The summed E-state index contributed by atoms with van der Waals surface area (Å²) in [5.41, 5.74) is 0. The summed E-state index contributed by atoms with van der Waals surface area (Å²) in [6, 6.07) is 0. The average Bonchev–Trinajstić information content (AvgIpc) is 2.76. The molecule has 1 aliphatic carbocycles. The number of fused-ring (bicyclic) bond motifs is 1. The number of epoxide rings is 1. The lowest BCUT2D eigenvalue weighted by atomic mass is 9.92. The van der Waals surface area contributed by atoms with Gasteiger partial charge in [-0.05, 0) is 0 Å². The predicted octanol–water partition coefficient (Wildman–Crippen LogP) is -1.39. The fourth-order valence-corrected chi connectivity index (χ4v) is 2.18. The Labute approximate surface area is 71.9 Å². The molecule has 5 heteroatoms. The minimum absolute atomic E-state index is 0.136. The van der Waals surface area contributed by atoms with E-state index in [4.69, 9.17) is 4.74 Å². The molecule has 0 amide bonds. The number of rotatable bonds is 0. The summed E-state index contributed by atoms with van der Waals surface area (Å²) in [5.74, 6) is 0. The number of aliphatic hydroxyl groups is 3. The van der Waals surface area contributed by atoms with Gasteiger partial charge in [0.05, 0.1) is 10.9 Å². The van der Waals surface area contributed by atoms with Crippen LogP contribution in [0, 0.1) is 0 Å². The molecule has 0 aromatic carbocycles. The number of halogens is 1. The quantitative estimate of drug-likeness (QED) is 0.350. The zero-order chi connectivity index (χ0) is 8.17. The smallest absolute Gasteiger partial charge is 0.114 e. The lowest BCUT2D eigenvalue weighted by Crippen LogP contribution is -2.51. The van der Waals surface area contributed by atoms with Crippen LogP contribution < -0.4 is 0 Å². The number of alkyl halides is 1. The molecule has 0 aromatic rings. The molecule has 1 saturated carbocycles. The first-order valence-corrected chi connectivity index (χ1v) is 4.38. The summed E-state index contributed by atoms with van der Waals surface area (Å²) in [6.45, 7) is 0. The third kappa shape index (κ3) is 1.03. The second-order valence-electron chi connectivity index (χ2n) is 2.98. The maximum atomic E-state index is 9.28. The molecule has 1 aliphatic heterocycles. The average molecular weight is 225 g/mol. The zero-order valence-corrected chi connectivity index (χ0v) is 7.18. The van der Waals surface area contributed by atoms with Gasteiger partial charge in [0.25, 0.3) is 0 Å². The number of hydrogen-bond donors (Lipinski definition) is 3. The van der Waals surface area contributed by atoms with Gasteiger partial charge in [0.1, 0.15) is 24.4 Å². The normalized spacial score (nSPS) is 62.2. The van der Waals surface area contributed by atoms with Crippen LogP contribution in [-0.2, 0) is 4.74 Å². The Hall–Kier alpha value is 0.320. The summed E-state index contributed by atoms with van der Waals surface area (Å²) >= 11 is 3.18. The van der Waals surface area contributed by atoms with Crippen LogP contribution in [0.1, 0.15) is 0 Å². The zero-order valence-electron chi connectivity index (χ0n) is 5.59. The molecular formula is C6H9BrO4. The van der Waals surface area contributed by atoms with Gasteiger partial charge in [0, 0.05) is 0 Å². The molecule has 1 heterocycles. The van der Waals surface area contributed by atoms with Crippen LogP contribution in [0.15, 0.2) is 0 Å². The molecule has 3 N–H and O–H groups in total. The maximum Gasteiger partial charge on any atom is 0.114 e. The maximum absolute atomic E-state index is 9.28. The van der Waals surface area contributed by atoms with Crippen LogP contribution in [0.3, 0.4) is 0 Å². The Balaban J connectivity index is 2.13. The van der Waals surface area contributed by atoms with Crippen LogP contribution in [0.2, 0.25) is 0 Å². The second kappa shape index (κ2) is 2.40. The monoisotopic (exact) mass is 224 g/mol. The fraction of sp³-hybridized carbons (Fsp3) is 1.00. The van der Waals surface area contributed by atoms with Crippen LogP contribution in [0.5, 0.6) is 0 Å².